The molecule has 1 amide bonds. The topological polar surface area (TPSA) is 46.6 Å². The fourth-order valence-electron chi connectivity index (χ4n) is 1.31. The fraction of sp³-hybridized carbons (Fsp3) is 0.818. The van der Waals surface area contributed by atoms with Crippen molar-refractivity contribution in [3.8, 4) is 0 Å². The highest BCUT2D eigenvalue weighted by Crippen LogP contribution is 2.03. The molecule has 0 aliphatic heterocycles. The largest absolute Gasteiger partial charge is 0.468 e. The van der Waals surface area contributed by atoms with E-state index >= 15 is 0 Å². The molecule has 0 unspecified atom stereocenters. The van der Waals surface area contributed by atoms with Crippen molar-refractivity contribution < 1.29 is 14.3 Å². The Morgan fingerprint density at radius 3 is 2.50 bits per heavy atom. The predicted octanol–water partition coefficient (Wildman–Crippen LogP) is 1.81. The number of carbonyl (C=O) groups is 2. The summed E-state index contributed by atoms with van der Waals surface area (Å²) in [5, 5.41) is 0. The molecule has 4 nitrogen and oxygen atoms in total. The number of alkyl halides is 1. The summed E-state index contributed by atoms with van der Waals surface area (Å²) in [6.07, 6.45) is 2.87. The Balaban J connectivity index is 4.07. The van der Waals surface area contributed by atoms with Gasteiger partial charge in [-0.1, -0.05) is 6.92 Å². The molecule has 0 atom stereocenters. The van der Waals surface area contributed by atoms with Gasteiger partial charge in [-0.25, -0.2) is 0 Å². The lowest BCUT2D eigenvalue weighted by atomic mass is 10.2. The molecule has 0 aromatic rings. The van der Waals surface area contributed by atoms with E-state index in [1.54, 1.807) is 4.90 Å². The van der Waals surface area contributed by atoms with Crippen LogP contribution in [0.4, 0.5) is 0 Å². The Labute approximate surface area is 102 Å². The summed E-state index contributed by atoms with van der Waals surface area (Å²) in [5.41, 5.74) is 0. The molecular weight excluding hydrogens is 230 g/mol. The number of unbranched alkanes of at least 4 members (excludes halogenated alkanes) is 1. The van der Waals surface area contributed by atoms with Crippen LogP contribution < -0.4 is 0 Å². The average Bonchev–Trinajstić information content (AvgIpc) is 2.28. The van der Waals surface area contributed by atoms with Gasteiger partial charge in [-0.3, -0.25) is 9.59 Å². The highest BCUT2D eigenvalue weighted by atomic mass is 35.5. The first-order valence-corrected chi connectivity index (χ1v) is 6.09. The number of hydrogen-bond acceptors (Lipinski definition) is 3. The normalized spacial score (nSPS) is 9.94. The number of esters is 1. The molecule has 0 bridgehead atoms. The average molecular weight is 250 g/mol. The van der Waals surface area contributed by atoms with Crippen molar-refractivity contribution >= 4 is 23.5 Å². The lowest BCUT2D eigenvalue weighted by Crippen LogP contribution is -2.36. The number of hydrogen-bond donors (Lipinski definition) is 0. The van der Waals surface area contributed by atoms with Crippen LogP contribution in [0.1, 0.15) is 32.6 Å². The number of methoxy groups -OCH3 is 1. The Bertz CT molecular complexity index is 221. The Morgan fingerprint density at radius 2 is 2.00 bits per heavy atom. The minimum Gasteiger partial charge on any atom is -0.468 e. The number of carbonyl (C=O) groups excluding carboxylic acids is 2. The molecular formula is C11H20ClNO3. The van der Waals surface area contributed by atoms with E-state index in [1.807, 2.05) is 6.92 Å². The zero-order chi connectivity index (χ0) is 12.4. The molecule has 16 heavy (non-hydrogen) atoms. The summed E-state index contributed by atoms with van der Waals surface area (Å²) >= 11 is 5.53. The van der Waals surface area contributed by atoms with Crippen molar-refractivity contribution in [3.63, 3.8) is 0 Å². The molecule has 0 aromatic carbocycles. The summed E-state index contributed by atoms with van der Waals surface area (Å²) in [7, 11) is 1.32. The minimum absolute atomic E-state index is 0.00244. The first-order valence-electron chi connectivity index (χ1n) is 5.56. The van der Waals surface area contributed by atoms with Crippen LogP contribution in [0.25, 0.3) is 0 Å². The summed E-state index contributed by atoms with van der Waals surface area (Å²) < 4.78 is 4.55. The highest BCUT2D eigenvalue weighted by Gasteiger charge is 2.15. The monoisotopic (exact) mass is 249 g/mol. The van der Waals surface area contributed by atoms with Gasteiger partial charge in [0.1, 0.15) is 6.54 Å². The second kappa shape index (κ2) is 9.46. The Hall–Kier alpha value is -0.770. The third-order valence-electron chi connectivity index (χ3n) is 2.17. The van der Waals surface area contributed by atoms with E-state index in [2.05, 4.69) is 4.74 Å². The third-order valence-corrected chi connectivity index (χ3v) is 2.44. The standard InChI is InChI=1S/C11H20ClNO3/c1-3-8-13(9-11(15)16-2)10(14)6-4-5-7-12/h3-9H2,1-2H3. The van der Waals surface area contributed by atoms with Crippen molar-refractivity contribution in [1.82, 2.24) is 4.90 Å². The molecule has 0 saturated carbocycles. The summed E-state index contributed by atoms with van der Waals surface area (Å²) in [6, 6.07) is 0. The molecule has 5 heteroatoms. The zero-order valence-electron chi connectivity index (χ0n) is 10.00. The quantitative estimate of drug-likeness (QED) is 0.374. The van der Waals surface area contributed by atoms with Crippen molar-refractivity contribution in [3.05, 3.63) is 0 Å². The van der Waals surface area contributed by atoms with Crippen LogP contribution in [-0.2, 0) is 14.3 Å². The molecule has 0 heterocycles. The summed E-state index contributed by atoms with van der Waals surface area (Å²) in [6.45, 7) is 2.61. The van der Waals surface area contributed by atoms with Gasteiger partial charge in [-0.2, -0.15) is 0 Å². The van der Waals surface area contributed by atoms with Crippen molar-refractivity contribution in [1.29, 1.82) is 0 Å². The Morgan fingerprint density at radius 1 is 1.31 bits per heavy atom. The third kappa shape index (κ3) is 6.67. The zero-order valence-corrected chi connectivity index (χ0v) is 10.8. The number of halogens is 1. The molecule has 94 valence electrons. The van der Waals surface area contributed by atoms with Crippen LogP contribution in [0.2, 0.25) is 0 Å². The van der Waals surface area contributed by atoms with E-state index in [1.165, 1.54) is 7.11 Å². The first-order chi connectivity index (χ1) is 7.65. The molecule has 0 fully saturated rings. The molecule has 0 saturated heterocycles. The van der Waals surface area contributed by atoms with Gasteiger partial charge in [0, 0.05) is 18.8 Å². The van der Waals surface area contributed by atoms with Gasteiger partial charge < -0.3 is 9.64 Å². The molecule has 0 N–H and O–H groups in total. The SMILES string of the molecule is CCCN(CC(=O)OC)C(=O)CCCCCl. The van der Waals surface area contributed by atoms with Gasteiger partial charge in [0.15, 0.2) is 0 Å². The molecule has 0 radical (unpaired) electrons. The van der Waals surface area contributed by atoms with Crippen molar-refractivity contribution in [2.45, 2.75) is 32.6 Å². The van der Waals surface area contributed by atoms with Crippen LogP contribution in [0.5, 0.6) is 0 Å². The van der Waals surface area contributed by atoms with Gasteiger partial charge in [0.25, 0.3) is 0 Å². The van der Waals surface area contributed by atoms with Gasteiger partial charge in [-0.05, 0) is 19.3 Å². The summed E-state index contributed by atoms with van der Waals surface area (Å²) in [4.78, 5) is 24.4. The van der Waals surface area contributed by atoms with Crippen LogP contribution in [0, 0.1) is 0 Å². The van der Waals surface area contributed by atoms with E-state index in [0.29, 0.717) is 18.8 Å². The molecule has 0 rings (SSSR count). The smallest absolute Gasteiger partial charge is 0.325 e. The van der Waals surface area contributed by atoms with E-state index in [4.69, 9.17) is 11.6 Å². The second-order valence-electron chi connectivity index (χ2n) is 3.54. The van der Waals surface area contributed by atoms with Crippen LogP contribution in [0.3, 0.4) is 0 Å². The number of rotatable bonds is 8. The lowest BCUT2D eigenvalue weighted by Gasteiger charge is -2.20. The number of ether oxygens (including phenoxy) is 1. The number of amides is 1. The second-order valence-corrected chi connectivity index (χ2v) is 3.92. The maximum atomic E-state index is 11.7. The summed E-state index contributed by atoms with van der Waals surface area (Å²) in [5.74, 6) is 0.189. The number of nitrogens with zero attached hydrogens (tertiary/aromatic N) is 1. The molecule has 0 aromatic heterocycles. The van der Waals surface area contributed by atoms with Crippen molar-refractivity contribution in [2.24, 2.45) is 0 Å². The van der Waals surface area contributed by atoms with E-state index in [0.717, 1.165) is 19.3 Å². The van der Waals surface area contributed by atoms with E-state index in [9.17, 15) is 9.59 Å². The van der Waals surface area contributed by atoms with Crippen molar-refractivity contribution in [2.75, 3.05) is 26.1 Å². The highest BCUT2D eigenvalue weighted by molar-refractivity contribution is 6.17. The first kappa shape index (κ1) is 15.2. The fourth-order valence-corrected chi connectivity index (χ4v) is 1.50. The van der Waals surface area contributed by atoms with Crippen LogP contribution in [-0.4, -0.2) is 42.9 Å². The maximum absolute atomic E-state index is 11.7. The maximum Gasteiger partial charge on any atom is 0.325 e. The van der Waals surface area contributed by atoms with Gasteiger partial charge in [0.2, 0.25) is 5.91 Å². The van der Waals surface area contributed by atoms with Crippen LogP contribution >= 0.6 is 11.6 Å². The molecule has 0 spiro atoms. The van der Waals surface area contributed by atoms with E-state index < -0.39 is 0 Å². The minimum atomic E-state index is -0.376. The van der Waals surface area contributed by atoms with E-state index in [-0.39, 0.29) is 18.4 Å². The lowest BCUT2D eigenvalue weighted by molar-refractivity contribution is -0.147. The van der Waals surface area contributed by atoms with Gasteiger partial charge >= 0.3 is 5.97 Å². The van der Waals surface area contributed by atoms with Gasteiger partial charge in [-0.15, -0.1) is 11.6 Å². The van der Waals surface area contributed by atoms with Crippen LogP contribution in [0.15, 0.2) is 0 Å². The Kier molecular flexibility index (Phi) is 9.00. The molecule has 0 aliphatic carbocycles. The van der Waals surface area contributed by atoms with Gasteiger partial charge in [0.05, 0.1) is 7.11 Å². The predicted molar refractivity (Wildman–Crippen MR) is 63.5 cm³/mol. The molecule has 0 aliphatic rings.